The van der Waals surface area contributed by atoms with E-state index in [-0.39, 0.29) is 29.8 Å². The number of rotatable bonds is 4. The molecular weight excluding hydrogens is 242 g/mol. The molecule has 17 heavy (non-hydrogen) atoms. The molecular formula is C11H22ClN3O2. The molecule has 0 atom stereocenters. The molecule has 1 saturated carbocycles. The molecule has 0 saturated heterocycles. The number of hydrogen-bond donors (Lipinski definition) is 3. The summed E-state index contributed by atoms with van der Waals surface area (Å²) in [4.78, 5) is 22.8. The van der Waals surface area contributed by atoms with Crippen LogP contribution in [0.15, 0.2) is 0 Å². The minimum atomic E-state index is -0.652. The molecule has 4 N–H and O–H groups in total. The van der Waals surface area contributed by atoms with Crippen LogP contribution in [0.5, 0.6) is 0 Å². The Labute approximate surface area is 108 Å². The highest BCUT2D eigenvalue weighted by Gasteiger charge is 2.45. The van der Waals surface area contributed by atoms with Gasteiger partial charge in [-0.3, -0.25) is 9.59 Å². The standard InChI is InChI=1S/C11H21N3O2.ClH/c1-10(2,3)14-8(15)4-7-13-9(16)11(12)5-6-11;/h4-7,12H2,1-3H3,(H,13,16)(H,14,15);1H. The summed E-state index contributed by atoms with van der Waals surface area (Å²) in [6, 6.07) is 0. The van der Waals surface area contributed by atoms with E-state index in [4.69, 9.17) is 5.73 Å². The van der Waals surface area contributed by atoms with Crippen LogP contribution in [-0.4, -0.2) is 29.4 Å². The zero-order valence-corrected chi connectivity index (χ0v) is 11.4. The lowest BCUT2D eigenvalue weighted by atomic mass is 10.1. The van der Waals surface area contributed by atoms with Crippen LogP contribution in [0.3, 0.4) is 0 Å². The zero-order chi connectivity index (χ0) is 12.4. The summed E-state index contributed by atoms with van der Waals surface area (Å²) in [5.74, 6) is -0.203. The molecule has 2 amide bonds. The van der Waals surface area contributed by atoms with Crippen LogP contribution >= 0.6 is 12.4 Å². The van der Waals surface area contributed by atoms with Crippen LogP contribution in [0.1, 0.15) is 40.0 Å². The molecule has 1 rings (SSSR count). The molecule has 0 spiro atoms. The highest BCUT2D eigenvalue weighted by atomic mass is 35.5. The third-order valence-electron chi connectivity index (χ3n) is 2.39. The molecule has 1 aliphatic carbocycles. The maximum Gasteiger partial charge on any atom is 0.240 e. The van der Waals surface area contributed by atoms with Gasteiger partial charge in [0.2, 0.25) is 11.8 Å². The van der Waals surface area contributed by atoms with Crippen molar-refractivity contribution in [1.29, 1.82) is 0 Å². The maximum absolute atomic E-state index is 11.4. The summed E-state index contributed by atoms with van der Waals surface area (Å²) in [6.45, 7) is 6.10. The van der Waals surface area contributed by atoms with Crippen LogP contribution in [0.2, 0.25) is 0 Å². The van der Waals surface area contributed by atoms with E-state index < -0.39 is 5.54 Å². The SMILES string of the molecule is CC(C)(C)NC(=O)CCNC(=O)C1(N)CC1.Cl. The molecule has 0 aromatic rings. The summed E-state index contributed by atoms with van der Waals surface area (Å²) >= 11 is 0. The van der Waals surface area contributed by atoms with Crippen molar-refractivity contribution in [1.82, 2.24) is 10.6 Å². The Bertz CT molecular complexity index is 296. The Morgan fingerprint density at radius 1 is 1.29 bits per heavy atom. The van der Waals surface area contributed by atoms with Crippen LogP contribution in [0, 0.1) is 0 Å². The first-order valence-electron chi connectivity index (χ1n) is 5.61. The minimum Gasteiger partial charge on any atom is -0.354 e. The molecule has 0 radical (unpaired) electrons. The lowest BCUT2D eigenvalue weighted by Crippen LogP contribution is -2.45. The second kappa shape index (κ2) is 5.69. The van der Waals surface area contributed by atoms with E-state index in [1.807, 2.05) is 20.8 Å². The van der Waals surface area contributed by atoms with Gasteiger partial charge in [-0.25, -0.2) is 0 Å². The van der Waals surface area contributed by atoms with Crippen molar-refractivity contribution in [2.24, 2.45) is 5.73 Å². The molecule has 1 fully saturated rings. The van der Waals surface area contributed by atoms with Crippen molar-refractivity contribution in [2.45, 2.75) is 51.1 Å². The fraction of sp³-hybridized carbons (Fsp3) is 0.818. The lowest BCUT2D eigenvalue weighted by molar-refractivity contribution is -0.124. The van der Waals surface area contributed by atoms with Gasteiger partial charge in [0.05, 0.1) is 5.54 Å². The maximum atomic E-state index is 11.4. The highest BCUT2D eigenvalue weighted by molar-refractivity contribution is 5.89. The summed E-state index contributed by atoms with van der Waals surface area (Å²) in [5.41, 5.74) is 4.81. The topological polar surface area (TPSA) is 84.2 Å². The smallest absolute Gasteiger partial charge is 0.240 e. The molecule has 0 aromatic heterocycles. The fourth-order valence-corrected chi connectivity index (χ4v) is 1.31. The van der Waals surface area contributed by atoms with Crippen molar-refractivity contribution in [3.63, 3.8) is 0 Å². The average molecular weight is 264 g/mol. The number of hydrogen-bond acceptors (Lipinski definition) is 3. The van der Waals surface area contributed by atoms with E-state index in [0.717, 1.165) is 12.8 Å². The van der Waals surface area contributed by atoms with Gasteiger partial charge in [-0.05, 0) is 33.6 Å². The minimum absolute atomic E-state index is 0. The van der Waals surface area contributed by atoms with Gasteiger partial charge in [0.1, 0.15) is 0 Å². The van der Waals surface area contributed by atoms with Crippen molar-refractivity contribution in [3.05, 3.63) is 0 Å². The van der Waals surface area contributed by atoms with Crippen molar-refractivity contribution in [2.75, 3.05) is 6.54 Å². The normalized spacial score (nSPS) is 16.7. The zero-order valence-electron chi connectivity index (χ0n) is 10.6. The molecule has 0 bridgehead atoms. The Balaban J connectivity index is 0.00000256. The van der Waals surface area contributed by atoms with Gasteiger partial charge in [0.15, 0.2) is 0 Å². The number of halogens is 1. The van der Waals surface area contributed by atoms with E-state index in [1.165, 1.54) is 0 Å². The van der Waals surface area contributed by atoms with Gasteiger partial charge in [0, 0.05) is 18.5 Å². The first-order valence-corrected chi connectivity index (χ1v) is 5.61. The van der Waals surface area contributed by atoms with Gasteiger partial charge in [-0.1, -0.05) is 0 Å². The molecule has 6 heteroatoms. The summed E-state index contributed by atoms with van der Waals surface area (Å²) < 4.78 is 0. The van der Waals surface area contributed by atoms with Gasteiger partial charge in [-0.2, -0.15) is 0 Å². The third-order valence-corrected chi connectivity index (χ3v) is 2.39. The molecule has 0 aliphatic heterocycles. The molecule has 0 unspecified atom stereocenters. The Kier molecular flexibility index (Phi) is 5.42. The average Bonchev–Trinajstić information content (AvgIpc) is 2.81. The van der Waals surface area contributed by atoms with Crippen molar-refractivity contribution in [3.8, 4) is 0 Å². The van der Waals surface area contributed by atoms with E-state index in [2.05, 4.69) is 10.6 Å². The Morgan fingerprint density at radius 3 is 2.24 bits per heavy atom. The fourth-order valence-electron chi connectivity index (χ4n) is 1.31. The number of carbonyl (C=O) groups is 2. The van der Waals surface area contributed by atoms with Crippen molar-refractivity contribution >= 4 is 24.2 Å². The monoisotopic (exact) mass is 263 g/mol. The van der Waals surface area contributed by atoms with Crippen LogP contribution in [0.4, 0.5) is 0 Å². The van der Waals surface area contributed by atoms with E-state index in [0.29, 0.717) is 13.0 Å². The number of amides is 2. The van der Waals surface area contributed by atoms with Crippen LogP contribution in [0.25, 0.3) is 0 Å². The second-order valence-electron chi connectivity index (χ2n) is 5.46. The van der Waals surface area contributed by atoms with E-state index in [9.17, 15) is 9.59 Å². The number of nitrogens with two attached hydrogens (primary N) is 1. The quantitative estimate of drug-likeness (QED) is 0.683. The van der Waals surface area contributed by atoms with Crippen LogP contribution in [-0.2, 0) is 9.59 Å². The molecule has 100 valence electrons. The Hall–Kier alpha value is -0.810. The molecule has 0 heterocycles. The summed E-state index contributed by atoms with van der Waals surface area (Å²) in [7, 11) is 0. The Morgan fingerprint density at radius 2 is 1.82 bits per heavy atom. The second-order valence-corrected chi connectivity index (χ2v) is 5.46. The van der Waals surface area contributed by atoms with Crippen LogP contribution < -0.4 is 16.4 Å². The van der Waals surface area contributed by atoms with Gasteiger partial charge in [0.25, 0.3) is 0 Å². The molecule has 0 aromatic carbocycles. The molecule has 5 nitrogen and oxygen atoms in total. The summed E-state index contributed by atoms with van der Waals surface area (Å²) in [6.07, 6.45) is 1.78. The predicted octanol–water partition coefficient (Wildman–Crippen LogP) is 0.321. The van der Waals surface area contributed by atoms with Gasteiger partial charge >= 0.3 is 0 Å². The predicted molar refractivity (Wildman–Crippen MR) is 68.9 cm³/mol. The molecule has 1 aliphatic rings. The van der Waals surface area contributed by atoms with Gasteiger partial charge in [-0.15, -0.1) is 12.4 Å². The van der Waals surface area contributed by atoms with E-state index >= 15 is 0 Å². The van der Waals surface area contributed by atoms with E-state index in [1.54, 1.807) is 0 Å². The first-order chi connectivity index (χ1) is 7.23. The number of nitrogens with one attached hydrogen (secondary N) is 2. The first kappa shape index (κ1) is 16.2. The summed E-state index contributed by atoms with van der Waals surface area (Å²) in [5, 5.41) is 5.50. The van der Waals surface area contributed by atoms with Gasteiger partial charge < -0.3 is 16.4 Å². The highest BCUT2D eigenvalue weighted by Crippen LogP contribution is 2.31. The lowest BCUT2D eigenvalue weighted by Gasteiger charge is -2.20. The largest absolute Gasteiger partial charge is 0.354 e. The van der Waals surface area contributed by atoms with Crippen molar-refractivity contribution < 1.29 is 9.59 Å². The third kappa shape index (κ3) is 5.89. The number of carbonyl (C=O) groups excluding carboxylic acids is 2.